The first-order valence-corrected chi connectivity index (χ1v) is 7.29. The fourth-order valence-electron chi connectivity index (χ4n) is 2.66. The van der Waals surface area contributed by atoms with E-state index in [1.807, 2.05) is 48.9 Å². The largest absolute Gasteiger partial charge is 0.355 e. The van der Waals surface area contributed by atoms with Gasteiger partial charge in [0.15, 0.2) is 0 Å². The average Bonchev–Trinajstić information content (AvgIpc) is 2.99. The Morgan fingerprint density at radius 1 is 1.27 bits per heavy atom. The molecule has 2 heterocycles. The highest BCUT2D eigenvalue weighted by Crippen LogP contribution is 2.22. The van der Waals surface area contributed by atoms with Crippen LogP contribution in [0.1, 0.15) is 28.5 Å². The Kier molecular flexibility index (Phi) is 3.63. The molecule has 1 N–H and O–H groups in total. The predicted octanol–water partition coefficient (Wildman–Crippen LogP) is 2.65. The van der Waals surface area contributed by atoms with E-state index in [1.54, 1.807) is 13.4 Å². The van der Waals surface area contributed by atoms with Crippen molar-refractivity contribution in [2.75, 3.05) is 7.05 Å². The fraction of sp³-hybridized carbons (Fsp3) is 0.235. The molecule has 22 heavy (non-hydrogen) atoms. The number of aryl methyl sites for hydroxylation is 2. The Morgan fingerprint density at radius 2 is 2.09 bits per heavy atom. The highest BCUT2D eigenvalue weighted by Gasteiger charge is 2.12. The van der Waals surface area contributed by atoms with E-state index in [1.165, 1.54) is 0 Å². The van der Waals surface area contributed by atoms with Crippen LogP contribution in [-0.4, -0.2) is 27.5 Å². The van der Waals surface area contributed by atoms with Gasteiger partial charge in [-0.15, -0.1) is 0 Å². The van der Waals surface area contributed by atoms with Gasteiger partial charge in [-0.1, -0.05) is 6.92 Å². The first-order valence-electron chi connectivity index (χ1n) is 7.29. The van der Waals surface area contributed by atoms with E-state index in [2.05, 4.69) is 15.3 Å². The van der Waals surface area contributed by atoms with Gasteiger partial charge in [-0.3, -0.25) is 4.79 Å². The second kappa shape index (κ2) is 5.60. The van der Waals surface area contributed by atoms with Crippen molar-refractivity contribution in [1.29, 1.82) is 0 Å². The molecule has 0 aliphatic carbocycles. The summed E-state index contributed by atoms with van der Waals surface area (Å²) in [6.07, 6.45) is 4.36. The van der Waals surface area contributed by atoms with Crippen molar-refractivity contribution < 1.29 is 4.79 Å². The van der Waals surface area contributed by atoms with Crippen LogP contribution in [0.4, 0.5) is 0 Å². The van der Waals surface area contributed by atoms with Crippen molar-refractivity contribution in [3.05, 3.63) is 53.6 Å². The third-order valence-corrected chi connectivity index (χ3v) is 3.90. The lowest BCUT2D eigenvalue weighted by molar-refractivity contribution is 0.0962. The van der Waals surface area contributed by atoms with E-state index in [0.29, 0.717) is 0 Å². The molecular formula is C17H18N4O. The van der Waals surface area contributed by atoms with Crippen LogP contribution in [0.3, 0.4) is 0 Å². The molecule has 3 rings (SSSR count). The van der Waals surface area contributed by atoms with Crippen molar-refractivity contribution in [1.82, 2.24) is 19.9 Å². The van der Waals surface area contributed by atoms with Crippen LogP contribution < -0.4 is 5.32 Å². The molecule has 0 saturated heterocycles. The van der Waals surface area contributed by atoms with E-state index in [9.17, 15) is 4.79 Å². The number of hydrogen-bond acceptors (Lipinski definition) is 3. The summed E-state index contributed by atoms with van der Waals surface area (Å²) in [6, 6.07) is 7.87. The molecule has 112 valence electrons. The maximum atomic E-state index is 11.9. The quantitative estimate of drug-likeness (QED) is 0.808. The predicted molar refractivity (Wildman–Crippen MR) is 86.4 cm³/mol. The molecule has 1 aromatic carbocycles. The maximum absolute atomic E-state index is 11.9. The van der Waals surface area contributed by atoms with Crippen molar-refractivity contribution in [3.8, 4) is 5.69 Å². The summed E-state index contributed by atoms with van der Waals surface area (Å²) in [7, 11) is 1.65. The smallest absolute Gasteiger partial charge is 0.251 e. The number of carbonyl (C=O) groups is 1. The van der Waals surface area contributed by atoms with Crippen LogP contribution in [0.25, 0.3) is 16.7 Å². The molecule has 0 unspecified atom stereocenters. The molecule has 0 fully saturated rings. The molecule has 0 atom stereocenters. The lowest BCUT2D eigenvalue weighted by atomic mass is 10.0. The summed E-state index contributed by atoms with van der Waals surface area (Å²) in [5.74, 6) is -0.0565. The number of nitrogens with zero attached hydrogens (tertiary/aromatic N) is 3. The van der Waals surface area contributed by atoms with Crippen molar-refractivity contribution >= 4 is 16.9 Å². The van der Waals surface area contributed by atoms with Gasteiger partial charge in [-0.25, -0.2) is 9.97 Å². The van der Waals surface area contributed by atoms with Crippen LogP contribution >= 0.6 is 0 Å². The monoisotopic (exact) mass is 294 g/mol. The number of nitrogens with one attached hydrogen (secondary N) is 1. The van der Waals surface area contributed by atoms with Crippen LogP contribution in [-0.2, 0) is 6.42 Å². The molecule has 1 amide bonds. The number of benzene rings is 1. The minimum atomic E-state index is -0.0565. The van der Waals surface area contributed by atoms with Crippen LogP contribution in [0, 0.1) is 6.92 Å². The van der Waals surface area contributed by atoms with Gasteiger partial charge in [0, 0.05) is 29.9 Å². The molecule has 0 aliphatic rings. The van der Waals surface area contributed by atoms with Crippen molar-refractivity contribution in [2.45, 2.75) is 20.3 Å². The van der Waals surface area contributed by atoms with Gasteiger partial charge in [-0.05, 0) is 43.2 Å². The third-order valence-electron chi connectivity index (χ3n) is 3.90. The Hall–Kier alpha value is -2.69. The zero-order chi connectivity index (χ0) is 15.7. The Labute approximate surface area is 129 Å². The third kappa shape index (κ3) is 2.24. The van der Waals surface area contributed by atoms with Gasteiger partial charge in [-0.2, -0.15) is 0 Å². The summed E-state index contributed by atoms with van der Waals surface area (Å²) in [4.78, 5) is 20.5. The molecule has 5 heteroatoms. The summed E-state index contributed by atoms with van der Waals surface area (Å²) in [6.45, 7) is 4.02. The summed E-state index contributed by atoms with van der Waals surface area (Å²) >= 11 is 0. The number of fused-ring (bicyclic) bond motifs is 1. The van der Waals surface area contributed by atoms with Gasteiger partial charge in [0.2, 0.25) is 0 Å². The number of hydrogen-bond donors (Lipinski definition) is 1. The van der Waals surface area contributed by atoms with Gasteiger partial charge in [0.05, 0.1) is 5.69 Å². The van der Waals surface area contributed by atoms with E-state index in [0.717, 1.165) is 40.0 Å². The second-order valence-corrected chi connectivity index (χ2v) is 5.16. The van der Waals surface area contributed by atoms with Crippen molar-refractivity contribution in [3.63, 3.8) is 0 Å². The highest BCUT2D eigenvalue weighted by molar-refractivity contribution is 5.95. The van der Waals surface area contributed by atoms with Crippen molar-refractivity contribution in [2.24, 2.45) is 0 Å². The van der Waals surface area contributed by atoms with E-state index >= 15 is 0 Å². The van der Waals surface area contributed by atoms with Crippen LogP contribution in [0.15, 0.2) is 36.8 Å². The minimum Gasteiger partial charge on any atom is -0.355 e. The molecule has 0 bridgehead atoms. The molecule has 0 spiro atoms. The van der Waals surface area contributed by atoms with Crippen LogP contribution in [0.5, 0.6) is 0 Å². The van der Waals surface area contributed by atoms with Gasteiger partial charge in [0.25, 0.3) is 5.91 Å². The molecule has 0 aliphatic heterocycles. The summed E-state index contributed by atoms with van der Waals surface area (Å²) in [5, 5.41) is 3.72. The standard InChI is InChI=1S/C17H18N4O/c1-4-12-9-13(5-6-15(12)17(22)18-3)21-8-7-14-11(2)19-10-20-16(14)21/h5-10H,4H2,1-3H3,(H,18,22). The normalized spacial score (nSPS) is 10.9. The Balaban J connectivity index is 2.15. The zero-order valence-electron chi connectivity index (χ0n) is 12.9. The van der Waals surface area contributed by atoms with Gasteiger partial charge >= 0.3 is 0 Å². The summed E-state index contributed by atoms with van der Waals surface area (Å²) in [5.41, 5.74) is 4.57. The molecule has 3 aromatic rings. The second-order valence-electron chi connectivity index (χ2n) is 5.16. The average molecular weight is 294 g/mol. The number of amides is 1. The van der Waals surface area contributed by atoms with Gasteiger partial charge in [0.1, 0.15) is 12.0 Å². The highest BCUT2D eigenvalue weighted by atomic mass is 16.1. The SMILES string of the molecule is CCc1cc(-n2ccc3c(C)ncnc32)ccc1C(=O)NC. The van der Waals surface area contributed by atoms with E-state index < -0.39 is 0 Å². The van der Waals surface area contributed by atoms with E-state index in [-0.39, 0.29) is 5.91 Å². The molecule has 5 nitrogen and oxygen atoms in total. The Bertz CT molecular complexity index is 851. The molecule has 0 radical (unpaired) electrons. The molecule has 0 saturated carbocycles. The minimum absolute atomic E-state index is 0.0565. The Morgan fingerprint density at radius 3 is 2.82 bits per heavy atom. The lowest BCUT2D eigenvalue weighted by Crippen LogP contribution is -2.19. The molecule has 2 aromatic heterocycles. The summed E-state index contributed by atoms with van der Waals surface area (Å²) < 4.78 is 2.02. The lowest BCUT2D eigenvalue weighted by Gasteiger charge is -2.11. The number of aromatic nitrogens is 3. The number of carbonyl (C=O) groups excluding carboxylic acids is 1. The van der Waals surface area contributed by atoms with Crippen LogP contribution in [0.2, 0.25) is 0 Å². The van der Waals surface area contributed by atoms with Gasteiger partial charge < -0.3 is 9.88 Å². The molecular weight excluding hydrogens is 276 g/mol. The maximum Gasteiger partial charge on any atom is 0.251 e. The zero-order valence-corrected chi connectivity index (χ0v) is 12.9. The van der Waals surface area contributed by atoms with E-state index in [4.69, 9.17) is 0 Å². The number of rotatable bonds is 3. The first kappa shape index (κ1) is 14.3. The fourth-order valence-corrected chi connectivity index (χ4v) is 2.66. The first-order chi connectivity index (χ1) is 10.7. The topological polar surface area (TPSA) is 59.8 Å².